The molecule has 1 fully saturated rings. The highest BCUT2D eigenvalue weighted by molar-refractivity contribution is 7.99. The van der Waals surface area contributed by atoms with Crippen LogP contribution < -0.4 is 15.0 Å². The van der Waals surface area contributed by atoms with Gasteiger partial charge in [-0.25, -0.2) is 14.4 Å². The van der Waals surface area contributed by atoms with Gasteiger partial charge in [-0.15, -0.1) is 11.8 Å². The predicted octanol–water partition coefficient (Wildman–Crippen LogP) is 4.35. The SMILES string of the molecule is CCSc1ccc(Sc2nc(Nc3cc(C)[nH]n3)c(OC)c(N3CCN(CCN(C)C)CC3)n2)c(F)c1. The highest BCUT2D eigenvalue weighted by atomic mass is 32.2. The fourth-order valence-corrected chi connectivity index (χ4v) is 5.44. The molecule has 1 saturated heterocycles. The number of ether oxygens (including phenoxy) is 1. The average Bonchev–Trinajstić information content (AvgIpc) is 3.29. The van der Waals surface area contributed by atoms with Gasteiger partial charge < -0.3 is 19.9 Å². The van der Waals surface area contributed by atoms with Crippen molar-refractivity contribution in [3.05, 3.63) is 35.8 Å². The summed E-state index contributed by atoms with van der Waals surface area (Å²) in [6, 6.07) is 7.18. The topological polar surface area (TPSA) is 85.4 Å². The molecule has 2 aromatic heterocycles. The van der Waals surface area contributed by atoms with Crippen LogP contribution in [0.2, 0.25) is 0 Å². The number of aryl methyl sites for hydroxylation is 1. The molecule has 0 atom stereocenters. The number of rotatable bonds is 11. The molecular formula is C25H35FN8OS2. The second-order valence-electron chi connectivity index (χ2n) is 9.03. The summed E-state index contributed by atoms with van der Waals surface area (Å²) in [5.74, 6) is 2.96. The van der Waals surface area contributed by atoms with Crippen LogP contribution in [0.15, 0.2) is 39.2 Å². The smallest absolute Gasteiger partial charge is 0.204 e. The third kappa shape index (κ3) is 7.28. The van der Waals surface area contributed by atoms with E-state index >= 15 is 0 Å². The molecule has 0 radical (unpaired) electrons. The maximum absolute atomic E-state index is 14.9. The Labute approximate surface area is 226 Å². The number of likely N-dealkylation sites (N-methyl/N-ethyl adjacent to an activating group) is 1. The number of anilines is 3. The van der Waals surface area contributed by atoms with Gasteiger partial charge in [-0.05, 0) is 56.7 Å². The van der Waals surface area contributed by atoms with Crippen molar-refractivity contribution < 1.29 is 9.13 Å². The van der Waals surface area contributed by atoms with Gasteiger partial charge in [-0.3, -0.25) is 10.00 Å². The molecular weight excluding hydrogens is 511 g/mol. The van der Waals surface area contributed by atoms with E-state index in [2.05, 4.69) is 51.2 Å². The number of halogens is 1. The zero-order valence-electron chi connectivity index (χ0n) is 22.0. The van der Waals surface area contributed by atoms with Crippen molar-refractivity contribution >= 4 is 41.0 Å². The zero-order valence-corrected chi connectivity index (χ0v) is 23.7. The summed E-state index contributed by atoms with van der Waals surface area (Å²) in [5, 5.41) is 10.9. The first kappa shape index (κ1) is 27.5. The Hall–Kier alpha value is -2.54. The molecule has 37 heavy (non-hydrogen) atoms. The largest absolute Gasteiger partial charge is 0.490 e. The summed E-state index contributed by atoms with van der Waals surface area (Å²) in [5.41, 5.74) is 0.923. The number of hydrogen-bond acceptors (Lipinski definition) is 10. The first-order valence-electron chi connectivity index (χ1n) is 12.3. The number of nitrogens with one attached hydrogen (secondary N) is 2. The number of benzene rings is 1. The molecule has 0 spiro atoms. The van der Waals surface area contributed by atoms with Crippen LogP contribution in [0.25, 0.3) is 0 Å². The Balaban J connectivity index is 1.63. The van der Waals surface area contributed by atoms with Gasteiger partial charge in [0.2, 0.25) is 5.75 Å². The third-order valence-electron chi connectivity index (χ3n) is 5.93. The quantitative estimate of drug-likeness (QED) is 0.267. The van der Waals surface area contributed by atoms with E-state index in [0.29, 0.717) is 33.3 Å². The first-order valence-corrected chi connectivity index (χ1v) is 14.1. The van der Waals surface area contributed by atoms with E-state index in [4.69, 9.17) is 14.7 Å². The summed E-state index contributed by atoms with van der Waals surface area (Å²) < 4.78 is 20.7. The van der Waals surface area contributed by atoms with Crippen LogP contribution in [0.3, 0.4) is 0 Å². The fourth-order valence-electron chi connectivity index (χ4n) is 4.00. The molecule has 0 aliphatic carbocycles. The lowest BCUT2D eigenvalue weighted by Crippen LogP contribution is -2.48. The van der Waals surface area contributed by atoms with Crippen molar-refractivity contribution in [1.82, 2.24) is 30.0 Å². The average molecular weight is 547 g/mol. The van der Waals surface area contributed by atoms with E-state index in [0.717, 1.165) is 55.6 Å². The standard InChI is InChI=1S/C25H35FN8OS2/c1-6-36-18-7-8-20(19(26)16-18)37-25-28-23(27-21-15-17(2)30-31-21)22(35-5)24(29-25)34-13-11-33(12-14-34)10-9-32(3)4/h7-8,15-16H,6,9-14H2,1-5H3,(H2,27,28,29,30,31). The van der Waals surface area contributed by atoms with Gasteiger partial charge in [0.05, 0.1) is 12.0 Å². The molecule has 3 aromatic rings. The molecule has 0 bridgehead atoms. The summed E-state index contributed by atoms with van der Waals surface area (Å²) in [6.45, 7) is 9.50. The fraction of sp³-hybridized carbons (Fsp3) is 0.480. The van der Waals surface area contributed by atoms with Crippen molar-refractivity contribution in [3.63, 3.8) is 0 Å². The number of thioether (sulfide) groups is 1. The van der Waals surface area contributed by atoms with Gasteiger partial charge in [0, 0.05) is 55.9 Å². The summed E-state index contributed by atoms with van der Waals surface area (Å²) >= 11 is 2.82. The maximum atomic E-state index is 14.9. The molecule has 1 aliphatic heterocycles. The molecule has 0 saturated carbocycles. The molecule has 3 heterocycles. The number of hydrogen-bond donors (Lipinski definition) is 2. The van der Waals surface area contributed by atoms with Gasteiger partial charge in [0.25, 0.3) is 0 Å². The third-order valence-corrected chi connectivity index (χ3v) is 7.73. The van der Waals surface area contributed by atoms with Gasteiger partial charge >= 0.3 is 0 Å². The van der Waals surface area contributed by atoms with Crippen LogP contribution >= 0.6 is 23.5 Å². The van der Waals surface area contributed by atoms with E-state index < -0.39 is 0 Å². The van der Waals surface area contributed by atoms with Crippen LogP contribution in [0.5, 0.6) is 5.75 Å². The van der Waals surface area contributed by atoms with Crippen LogP contribution in [0, 0.1) is 12.7 Å². The molecule has 1 aromatic carbocycles. The van der Waals surface area contributed by atoms with Crippen molar-refractivity contribution in [2.75, 3.05) is 76.4 Å². The predicted molar refractivity (Wildman–Crippen MR) is 149 cm³/mol. The Bertz CT molecular complexity index is 1180. The van der Waals surface area contributed by atoms with Crippen molar-refractivity contribution in [2.45, 2.75) is 28.8 Å². The highest BCUT2D eigenvalue weighted by Gasteiger charge is 2.25. The van der Waals surface area contributed by atoms with Gasteiger partial charge in [-0.2, -0.15) is 5.10 Å². The number of nitrogens with zero attached hydrogens (tertiary/aromatic N) is 6. The minimum Gasteiger partial charge on any atom is -0.490 e. The molecule has 1 aliphatic rings. The van der Waals surface area contributed by atoms with E-state index in [1.54, 1.807) is 31.0 Å². The van der Waals surface area contributed by atoms with Crippen LogP contribution in [0.1, 0.15) is 12.6 Å². The number of aromatic amines is 1. The molecule has 4 rings (SSSR count). The summed E-state index contributed by atoms with van der Waals surface area (Å²) in [6.07, 6.45) is 0. The number of methoxy groups -OCH3 is 1. The molecule has 9 nitrogen and oxygen atoms in total. The summed E-state index contributed by atoms with van der Waals surface area (Å²) in [4.78, 5) is 17.8. The monoisotopic (exact) mass is 546 g/mol. The molecule has 2 N–H and O–H groups in total. The van der Waals surface area contributed by atoms with E-state index in [9.17, 15) is 4.39 Å². The van der Waals surface area contributed by atoms with Crippen molar-refractivity contribution in [2.24, 2.45) is 0 Å². The molecule has 200 valence electrons. The molecule has 0 unspecified atom stereocenters. The Kier molecular flexibility index (Phi) is 9.52. The Morgan fingerprint density at radius 3 is 2.57 bits per heavy atom. The molecule has 12 heteroatoms. The second kappa shape index (κ2) is 12.8. The number of piperazine rings is 1. The lowest BCUT2D eigenvalue weighted by molar-refractivity contribution is 0.228. The van der Waals surface area contributed by atoms with Crippen LogP contribution in [0.4, 0.5) is 21.8 Å². The maximum Gasteiger partial charge on any atom is 0.204 e. The first-order chi connectivity index (χ1) is 17.9. The summed E-state index contributed by atoms with van der Waals surface area (Å²) in [7, 11) is 5.80. The van der Waals surface area contributed by atoms with Crippen LogP contribution in [-0.4, -0.2) is 96.2 Å². The van der Waals surface area contributed by atoms with Gasteiger partial charge in [0.15, 0.2) is 22.6 Å². The lowest BCUT2D eigenvalue weighted by Gasteiger charge is -2.36. The number of H-pyrrole nitrogens is 1. The Morgan fingerprint density at radius 1 is 1.16 bits per heavy atom. The van der Waals surface area contributed by atoms with E-state index in [1.807, 2.05) is 19.1 Å². The van der Waals surface area contributed by atoms with Crippen molar-refractivity contribution in [1.29, 1.82) is 0 Å². The second-order valence-corrected chi connectivity index (χ2v) is 11.4. The van der Waals surface area contributed by atoms with E-state index in [1.165, 1.54) is 11.8 Å². The minimum absolute atomic E-state index is 0.281. The molecule has 0 amide bonds. The zero-order chi connectivity index (χ0) is 26.4. The minimum atomic E-state index is -0.281. The van der Waals surface area contributed by atoms with Crippen LogP contribution in [-0.2, 0) is 0 Å². The Morgan fingerprint density at radius 2 is 1.95 bits per heavy atom. The lowest BCUT2D eigenvalue weighted by atomic mass is 10.3. The highest BCUT2D eigenvalue weighted by Crippen LogP contribution is 2.39. The number of aromatic nitrogens is 4. The van der Waals surface area contributed by atoms with Gasteiger partial charge in [-0.1, -0.05) is 6.92 Å². The van der Waals surface area contributed by atoms with E-state index in [-0.39, 0.29) is 5.82 Å². The van der Waals surface area contributed by atoms with Gasteiger partial charge in [0.1, 0.15) is 5.82 Å². The van der Waals surface area contributed by atoms with Crippen molar-refractivity contribution in [3.8, 4) is 5.75 Å². The normalized spacial score (nSPS) is 14.4.